The quantitative estimate of drug-likeness (QED) is 0.212. The fraction of sp³-hybridized carbons (Fsp3) is 0.286. The van der Waals surface area contributed by atoms with Crippen LogP contribution in [-0.4, -0.2) is 15.1 Å². The number of thiazole rings is 1. The van der Waals surface area contributed by atoms with Crippen molar-refractivity contribution >= 4 is 21.6 Å². The second-order valence-corrected chi connectivity index (χ2v) is 16.5. The Morgan fingerprint density at radius 2 is 1.13 bits per heavy atom. The van der Waals surface area contributed by atoms with Crippen molar-refractivity contribution < 1.29 is 5.11 Å². The molecule has 0 atom stereocenters. The molecule has 0 radical (unpaired) electrons. The van der Waals surface area contributed by atoms with Crippen molar-refractivity contribution in [1.29, 1.82) is 0 Å². The molecule has 46 heavy (non-hydrogen) atoms. The number of aromatic nitrogens is 2. The Morgan fingerprint density at radius 3 is 1.78 bits per heavy atom. The van der Waals surface area contributed by atoms with Crippen LogP contribution in [0.25, 0.3) is 54.3 Å². The lowest BCUT2D eigenvalue weighted by Crippen LogP contribution is -2.16. The summed E-state index contributed by atoms with van der Waals surface area (Å²) in [6.07, 6.45) is 1.93. The largest absolute Gasteiger partial charge is 0.507 e. The Morgan fingerprint density at radius 1 is 0.543 bits per heavy atom. The lowest BCUT2D eigenvalue weighted by atomic mass is 9.78. The summed E-state index contributed by atoms with van der Waals surface area (Å²) in [6.45, 7) is 20.4. The number of rotatable bonds is 4. The van der Waals surface area contributed by atoms with E-state index >= 15 is 0 Å². The molecule has 0 fully saturated rings. The van der Waals surface area contributed by atoms with E-state index in [4.69, 9.17) is 9.97 Å². The maximum atomic E-state index is 10.6. The van der Waals surface area contributed by atoms with Crippen molar-refractivity contribution in [2.24, 2.45) is 0 Å². The number of aromatic hydroxyl groups is 1. The summed E-state index contributed by atoms with van der Waals surface area (Å²) in [6, 6.07) is 32.1. The molecule has 2 heterocycles. The van der Waals surface area contributed by atoms with Crippen molar-refractivity contribution in [2.45, 2.75) is 78.6 Å². The topological polar surface area (TPSA) is 46.0 Å². The molecule has 0 bridgehead atoms. The number of nitrogens with zero attached hydrogens (tertiary/aromatic N) is 2. The number of hydrogen-bond donors (Lipinski definition) is 1. The molecule has 0 aliphatic rings. The summed E-state index contributed by atoms with van der Waals surface area (Å²) in [5.41, 5.74) is 12.1. The Hall–Kier alpha value is -4.28. The average molecular weight is 625 g/mol. The molecule has 1 N–H and O–H groups in total. The molecule has 3 nitrogen and oxygen atoms in total. The van der Waals surface area contributed by atoms with Crippen LogP contribution in [0.2, 0.25) is 0 Å². The van der Waals surface area contributed by atoms with Gasteiger partial charge in [-0.05, 0) is 98.2 Å². The Kier molecular flexibility index (Phi) is 7.93. The van der Waals surface area contributed by atoms with Gasteiger partial charge in [-0.3, -0.25) is 4.98 Å². The molecule has 0 aliphatic heterocycles. The molecule has 2 aromatic heterocycles. The Labute approximate surface area is 278 Å². The first-order valence-electron chi connectivity index (χ1n) is 16.0. The zero-order chi connectivity index (χ0) is 33.0. The molecule has 0 amide bonds. The highest BCUT2D eigenvalue weighted by Crippen LogP contribution is 2.42. The fourth-order valence-electron chi connectivity index (χ4n) is 5.76. The molecule has 0 spiro atoms. The van der Waals surface area contributed by atoms with Gasteiger partial charge in [0.25, 0.3) is 0 Å². The zero-order valence-corrected chi connectivity index (χ0v) is 29.3. The van der Waals surface area contributed by atoms with Crippen molar-refractivity contribution in [3.8, 4) is 49.8 Å². The van der Waals surface area contributed by atoms with Gasteiger partial charge in [0.05, 0.1) is 21.5 Å². The first-order valence-corrected chi connectivity index (χ1v) is 16.9. The summed E-state index contributed by atoms with van der Waals surface area (Å²) in [4.78, 5) is 9.99. The second kappa shape index (κ2) is 11.5. The number of phenolic OH excluding ortho intramolecular Hbond substituents is 1. The van der Waals surface area contributed by atoms with E-state index in [-0.39, 0.29) is 22.0 Å². The minimum absolute atomic E-state index is 0.00460. The smallest absolute Gasteiger partial charge is 0.128 e. The molecule has 0 saturated carbocycles. The summed E-state index contributed by atoms with van der Waals surface area (Å²) in [5, 5.41) is 11.4. The van der Waals surface area contributed by atoms with Gasteiger partial charge in [-0.1, -0.05) is 105 Å². The minimum Gasteiger partial charge on any atom is -0.507 e. The average Bonchev–Trinajstić information content (AvgIpc) is 3.44. The molecule has 4 heteroatoms. The predicted octanol–water partition coefficient (Wildman–Crippen LogP) is 12.0. The Balaban J connectivity index is 1.62. The monoisotopic (exact) mass is 624 g/mol. The summed E-state index contributed by atoms with van der Waals surface area (Å²) in [5.74, 6) is 0.241. The van der Waals surface area contributed by atoms with Gasteiger partial charge in [0.15, 0.2) is 0 Å². The number of pyridine rings is 1. The lowest BCUT2D eigenvalue weighted by Gasteiger charge is -2.26. The number of fused-ring (bicyclic) bond motifs is 1. The van der Waals surface area contributed by atoms with Gasteiger partial charge < -0.3 is 5.11 Å². The van der Waals surface area contributed by atoms with Gasteiger partial charge in [-0.15, -0.1) is 11.3 Å². The molecule has 4 aromatic carbocycles. The maximum Gasteiger partial charge on any atom is 0.128 e. The molecule has 6 rings (SSSR count). The SMILES string of the molecule is CC(C)(C)c1cc(-c2cc(-c3cc(C(C)(C)C)ccn3)cc(-c3cccc4sc(-c5ccccc5O)nc34)c2)cc(C(C)(C)C)c1. The van der Waals surface area contributed by atoms with Crippen molar-refractivity contribution in [1.82, 2.24) is 9.97 Å². The van der Waals surface area contributed by atoms with Crippen LogP contribution in [0, 0.1) is 0 Å². The highest BCUT2D eigenvalue weighted by atomic mass is 32.1. The first-order chi connectivity index (χ1) is 21.6. The number of hydrogen-bond acceptors (Lipinski definition) is 4. The van der Waals surface area contributed by atoms with Crippen molar-refractivity contribution in [2.75, 3.05) is 0 Å². The highest BCUT2D eigenvalue weighted by Gasteiger charge is 2.22. The molecule has 0 unspecified atom stereocenters. The van der Waals surface area contributed by atoms with Crippen molar-refractivity contribution in [3.63, 3.8) is 0 Å². The van der Waals surface area contributed by atoms with Gasteiger partial charge >= 0.3 is 0 Å². The number of benzene rings is 4. The van der Waals surface area contributed by atoms with Gasteiger partial charge in [0, 0.05) is 17.3 Å². The van der Waals surface area contributed by atoms with Gasteiger partial charge in [0.2, 0.25) is 0 Å². The summed E-state index contributed by atoms with van der Waals surface area (Å²) in [7, 11) is 0. The summed E-state index contributed by atoms with van der Waals surface area (Å²) >= 11 is 1.61. The van der Waals surface area contributed by atoms with E-state index in [2.05, 4.69) is 129 Å². The third-order valence-corrected chi connectivity index (χ3v) is 9.77. The normalized spacial score (nSPS) is 12.5. The van der Waals surface area contributed by atoms with E-state index in [9.17, 15) is 5.11 Å². The van der Waals surface area contributed by atoms with E-state index in [0.29, 0.717) is 0 Å². The highest BCUT2D eigenvalue weighted by molar-refractivity contribution is 7.21. The number of para-hydroxylation sites is 2. The second-order valence-electron chi connectivity index (χ2n) is 15.5. The predicted molar refractivity (Wildman–Crippen MR) is 197 cm³/mol. The molecule has 0 aliphatic carbocycles. The van der Waals surface area contributed by atoms with E-state index in [1.807, 2.05) is 24.4 Å². The minimum atomic E-state index is 0.00460. The molecular formula is C42H44N2OS. The van der Waals surface area contributed by atoms with Crippen molar-refractivity contribution in [3.05, 3.63) is 114 Å². The van der Waals surface area contributed by atoms with Gasteiger partial charge in [0.1, 0.15) is 10.8 Å². The van der Waals surface area contributed by atoms with Gasteiger partial charge in [-0.2, -0.15) is 0 Å². The lowest BCUT2D eigenvalue weighted by molar-refractivity contribution is 0.477. The molecule has 0 saturated heterocycles. The van der Waals surface area contributed by atoms with E-state index in [0.717, 1.165) is 48.7 Å². The number of phenols is 1. The maximum absolute atomic E-state index is 10.6. The van der Waals surface area contributed by atoms with Gasteiger partial charge in [-0.25, -0.2) is 4.98 Å². The molecule has 234 valence electrons. The zero-order valence-electron chi connectivity index (χ0n) is 28.5. The molecular weight excluding hydrogens is 581 g/mol. The first kappa shape index (κ1) is 31.7. The van der Waals surface area contributed by atoms with Crippen LogP contribution in [-0.2, 0) is 16.2 Å². The van der Waals surface area contributed by atoms with Crippen LogP contribution in [0.15, 0.2) is 97.2 Å². The van der Waals surface area contributed by atoms with E-state index in [1.54, 1.807) is 17.4 Å². The van der Waals surface area contributed by atoms with E-state index < -0.39 is 0 Å². The molecule has 6 aromatic rings. The standard InChI is InChI=1S/C42H44N2OS/c1-40(2,3)30-17-18-43-35(25-30)29-20-26(27-22-31(41(4,5)6)24-32(23-27)42(7,8)9)19-28(21-29)33-14-12-16-37-38(33)44-39(46-37)34-13-10-11-15-36(34)45/h10-25,45H,1-9H3. The van der Waals surface area contributed by atoms with Crippen LogP contribution < -0.4 is 0 Å². The third kappa shape index (κ3) is 6.37. The fourth-order valence-corrected chi connectivity index (χ4v) is 6.79. The third-order valence-electron chi connectivity index (χ3n) is 8.72. The van der Waals surface area contributed by atoms with Crippen LogP contribution in [0.3, 0.4) is 0 Å². The van der Waals surface area contributed by atoms with Crippen LogP contribution in [0.5, 0.6) is 5.75 Å². The van der Waals surface area contributed by atoms with Crippen LogP contribution >= 0.6 is 11.3 Å². The Bertz CT molecular complexity index is 2030. The van der Waals surface area contributed by atoms with Crippen LogP contribution in [0.4, 0.5) is 0 Å². The van der Waals surface area contributed by atoms with Crippen LogP contribution in [0.1, 0.15) is 79.0 Å². The van der Waals surface area contributed by atoms with E-state index in [1.165, 1.54) is 22.3 Å². The summed E-state index contributed by atoms with van der Waals surface area (Å²) < 4.78 is 1.08.